The van der Waals surface area contributed by atoms with Crippen LogP contribution in [0.3, 0.4) is 0 Å². The van der Waals surface area contributed by atoms with Gasteiger partial charge in [0, 0.05) is 17.5 Å². The minimum Gasteiger partial charge on any atom is -0.368 e. The fourth-order valence-electron chi connectivity index (χ4n) is 0.418. The van der Waals surface area contributed by atoms with Gasteiger partial charge < -0.3 is 17.2 Å². The molecule has 0 fully saturated rings. The average Bonchev–Trinajstić information content (AvgIpc) is 1.99. The van der Waals surface area contributed by atoms with Gasteiger partial charge in [-0.1, -0.05) is 6.92 Å². The van der Waals surface area contributed by atoms with Gasteiger partial charge in [-0.2, -0.15) is 11.8 Å². The van der Waals surface area contributed by atoms with E-state index in [-0.39, 0.29) is 0 Å². The highest BCUT2D eigenvalue weighted by molar-refractivity contribution is 8.00. The molecule has 11 heavy (non-hydrogen) atoms. The van der Waals surface area contributed by atoms with Gasteiger partial charge in [-0.3, -0.25) is 4.79 Å². The van der Waals surface area contributed by atoms with Crippen LogP contribution in [0, 0.1) is 0 Å². The van der Waals surface area contributed by atoms with Crippen LogP contribution in [0.5, 0.6) is 0 Å². The van der Waals surface area contributed by atoms with Crippen LogP contribution in [0.1, 0.15) is 6.92 Å². The molecule has 6 N–H and O–H groups in total. The van der Waals surface area contributed by atoms with Crippen molar-refractivity contribution >= 4 is 17.7 Å². The van der Waals surface area contributed by atoms with Crippen molar-refractivity contribution in [1.29, 1.82) is 0 Å². The zero-order chi connectivity index (χ0) is 8.85. The van der Waals surface area contributed by atoms with E-state index in [0.717, 1.165) is 0 Å². The van der Waals surface area contributed by atoms with Crippen molar-refractivity contribution in [2.45, 2.75) is 18.2 Å². The van der Waals surface area contributed by atoms with Gasteiger partial charge in [0.05, 0.1) is 6.04 Å². The molecule has 0 rings (SSSR count). The van der Waals surface area contributed by atoms with Gasteiger partial charge in [-0.25, -0.2) is 0 Å². The van der Waals surface area contributed by atoms with E-state index in [2.05, 4.69) is 0 Å². The summed E-state index contributed by atoms with van der Waals surface area (Å²) in [5, 5.41) is 0.334. The van der Waals surface area contributed by atoms with Gasteiger partial charge >= 0.3 is 0 Å². The lowest BCUT2D eigenvalue weighted by molar-refractivity contribution is -0.118. The van der Waals surface area contributed by atoms with Crippen LogP contribution in [0.25, 0.3) is 0 Å². The third-order valence-electron chi connectivity index (χ3n) is 1.26. The highest BCUT2D eigenvalue weighted by atomic mass is 32.2. The molecule has 0 aromatic rings. The maximum absolute atomic E-state index is 10.5. The average molecular weight is 177 g/mol. The summed E-state index contributed by atoms with van der Waals surface area (Å²) in [6, 6.07) is -0.547. The maximum Gasteiger partial charge on any atom is 0.235 e. The van der Waals surface area contributed by atoms with Crippen LogP contribution < -0.4 is 17.2 Å². The molecule has 0 bridgehead atoms. The summed E-state index contributed by atoms with van der Waals surface area (Å²) in [6.07, 6.45) is 0. The SMILES string of the molecule is CC(CN)SCC(N)C(N)=O. The summed E-state index contributed by atoms with van der Waals surface area (Å²) < 4.78 is 0. The number of rotatable bonds is 5. The van der Waals surface area contributed by atoms with Gasteiger partial charge in [0.2, 0.25) is 5.91 Å². The Morgan fingerprint density at radius 1 is 1.64 bits per heavy atom. The van der Waals surface area contributed by atoms with E-state index in [1.807, 2.05) is 6.92 Å². The van der Waals surface area contributed by atoms with Crippen LogP contribution in [0.2, 0.25) is 0 Å². The molecular formula is C6H15N3OS. The monoisotopic (exact) mass is 177 g/mol. The molecule has 0 aromatic heterocycles. The van der Waals surface area contributed by atoms with E-state index >= 15 is 0 Å². The van der Waals surface area contributed by atoms with Gasteiger partial charge in [0.1, 0.15) is 0 Å². The van der Waals surface area contributed by atoms with Crippen LogP contribution >= 0.6 is 11.8 Å². The lowest BCUT2D eigenvalue weighted by Crippen LogP contribution is -2.39. The lowest BCUT2D eigenvalue weighted by Gasteiger charge is -2.10. The zero-order valence-corrected chi connectivity index (χ0v) is 7.43. The van der Waals surface area contributed by atoms with Crippen molar-refractivity contribution in [3.63, 3.8) is 0 Å². The fraction of sp³-hybridized carbons (Fsp3) is 0.833. The normalized spacial score (nSPS) is 15.9. The standard InChI is InChI=1S/C6H15N3OS/c1-4(2-7)11-3-5(8)6(9)10/h4-5H,2-3,7-8H2,1H3,(H2,9,10). The summed E-state index contributed by atoms with van der Waals surface area (Å²) in [4.78, 5) is 10.5. The lowest BCUT2D eigenvalue weighted by atomic mass is 10.3. The number of hydrogen-bond donors (Lipinski definition) is 3. The second-order valence-electron chi connectivity index (χ2n) is 2.39. The molecule has 2 atom stereocenters. The molecule has 0 spiro atoms. The Morgan fingerprint density at radius 3 is 2.55 bits per heavy atom. The first-order chi connectivity index (χ1) is 5.07. The molecule has 4 nitrogen and oxygen atoms in total. The zero-order valence-electron chi connectivity index (χ0n) is 6.62. The van der Waals surface area contributed by atoms with Crippen molar-refractivity contribution in [3.05, 3.63) is 0 Å². The molecule has 2 unspecified atom stereocenters. The molecule has 0 aliphatic heterocycles. The highest BCUT2D eigenvalue weighted by Crippen LogP contribution is 2.08. The van der Waals surface area contributed by atoms with E-state index in [1.165, 1.54) is 0 Å². The summed E-state index contributed by atoms with van der Waals surface area (Å²) in [5.74, 6) is 0.0926. The van der Waals surface area contributed by atoms with Crippen molar-refractivity contribution in [3.8, 4) is 0 Å². The number of hydrogen-bond acceptors (Lipinski definition) is 4. The molecule has 0 heterocycles. The smallest absolute Gasteiger partial charge is 0.235 e. The van der Waals surface area contributed by atoms with Crippen molar-refractivity contribution in [2.24, 2.45) is 17.2 Å². The highest BCUT2D eigenvalue weighted by Gasteiger charge is 2.10. The van der Waals surface area contributed by atoms with Crippen LogP contribution in [-0.2, 0) is 4.79 Å². The van der Waals surface area contributed by atoms with E-state index in [9.17, 15) is 4.79 Å². The molecule has 5 heteroatoms. The van der Waals surface area contributed by atoms with E-state index < -0.39 is 11.9 Å². The molecule has 0 saturated heterocycles. The van der Waals surface area contributed by atoms with Gasteiger partial charge in [-0.15, -0.1) is 0 Å². The molecule has 66 valence electrons. The van der Waals surface area contributed by atoms with E-state index in [0.29, 0.717) is 17.5 Å². The molecule has 0 radical (unpaired) electrons. The molecule has 0 saturated carbocycles. The quantitative estimate of drug-likeness (QED) is 0.495. The van der Waals surface area contributed by atoms with Gasteiger partial charge in [0.25, 0.3) is 0 Å². The van der Waals surface area contributed by atoms with Gasteiger partial charge in [0.15, 0.2) is 0 Å². The molecular weight excluding hydrogens is 162 g/mol. The Balaban J connectivity index is 3.45. The number of nitrogens with two attached hydrogens (primary N) is 3. The fourth-order valence-corrected chi connectivity index (χ4v) is 1.25. The largest absolute Gasteiger partial charge is 0.368 e. The summed E-state index contributed by atoms with van der Waals surface area (Å²) in [5.41, 5.74) is 15.7. The first-order valence-corrected chi connectivity index (χ1v) is 4.49. The van der Waals surface area contributed by atoms with E-state index in [4.69, 9.17) is 17.2 Å². The van der Waals surface area contributed by atoms with Gasteiger partial charge in [-0.05, 0) is 0 Å². The number of carbonyl (C=O) groups is 1. The summed E-state index contributed by atoms with van der Waals surface area (Å²) in [6.45, 7) is 2.58. The van der Waals surface area contributed by atoms with E-state index in [1.54, 1.807) is 11.8 Å². The first-order valence-electron chi connectivity index (χ1n) is 3.44. The van der Waals surface area contributed by atoms with Crippen LogP contribution in [0.4, 0.5) is 0 Å². The Bertz CT molecular complexity index is 131. The topological polar surface area (TPSA) is 95.1 Å². The van der Waals surface area contributed by atoms with Crippen molar-refractivity contribution < 1.29 is 4.79 Å². The minimum absolute atomic E-state index is 0.334. The predicted octanol–water partition coefficient (Wildman–Crippen LogP) is -1.12. The maximum atomic E-state index is 10.5. The number of carbonyl (C=O) groups excluding carboxylic acids is 1. The number of thioether (sulfide) groups is 1. The molecule has 0 aliphatic rings. The second-order valence-corrected chi connectivity index (χ2v) is 3.86. The Hall–Kier alpha value is -0.260. The third kappa shape index (κ3) is 5.06. The van der Waals surface area contributed by atoms with Crippen LogP contribution in [-0.4, -0.2) is 29.5 Å². The summed E-state index contributed by atoms with van der Waals surface area (Å²) in [7, 11) is 0. The third-order valence-corrected chi connectivity index (χ3v) is 2.57. The molecule has 0 aromatic carbocycles. The molecule has 0 aliphatic carbocycles. The van der Waals surface area contributed by atoms with Crippen molar-refractivity contribution in [2.75, 3.05) is 12.3 Å². The number of primary amides is 1. The number of amides is 1. The summed E-state index contributed by atoms with van der Waals surface area (Å²) >= 11 is 1.56. The Labute approximate surface area is 70.9 Å². The van der Waals surface area contributed by atoms with Crippen molar-refractivity contribution in [1.82, 2.24) is 0 Å². The first kappa shape index (κ1) is 10.7. The Morgan fingerprint density at radius 2 is 2.18 bits per heavy atom. The predicted molar refractivity (Wildman–Crippen MR) is 48.1 cm³/mol. The second kappa shape index (κ2) is 5.40. The minimum atomic E-state index is -0.547. The Kier molecular flexibility index (Phi) is 5.27. The molecule has 1 amide bonds. The van der Waals surface area contributed by atoms with Crippen LogP contribution in [0.15, 0.2) is 0 Å².